The molecular formula is C42H46N8O4. The van der Waals surface area contributed by atoms with E-state index in [0.29, 0.717) is 18.1 Å². The Morgan fingerprint density at radius 3 is 2.37 bits per heavy atom. The van der Waals surface area contributed by atoms with Gasteiger partial charge in [-0.2, -0.15) is 10.1 Å². The number of aromatic nitrogens is 5. The van der Waals surface area contributed by atoms with E-state index in [1.54, 1.807) is 6.33 Å². The number of carbonyl (C=O) groups is 2. The molecule has 0 atom stereocenters. The first-order valence-electron chi connectivity index (χ1n) is 18.2. The van der Waals surface area contributed by atoms with Gasteiger partial charge in [-0.3, -0.25) is 15.0 Å². The van der Waals surface area contributed by atoms with Crippen LogP contribution in [0.2, 0.25) is 0 Å². The molecule has 0 fully saturated rings. The van der Waals surface area contributed by atoms with Crippen LogP contribution in [0.4, 0.5) is 10.5 Å². The standard InChI is InChI=1S/C42H46N8O4/c1-26-18-29(11-12-30(26)21-43-38(51)37-47-39(54-48-37)41(2,3)4)36-35-20-33(24-50(35)45-25-44-36)28-10-13-31-22-49(23-32(31)19-28)17-16-27-8-14-34(15-9-27)46-40(52)53-42(5,6)7/h8-15,18-20,24-25H,16-17,21-23H2,1-7H3,(H,43,51)(H,46,52). The molecule has 0 saturated carbocycles. The molecule has 1 aliphatic heterocycles. The van der Waals surface area contributed by atoms with Crippen molar-refractivity contribution in [3.8, 4) is 22.4 Å². The molecule has 3 aromatic heterocycles. The van der Waals surface area contributed by atoms with Gasteiger partial charge in [-0.15, -0.1) is 0 Å². The Balaban J connectivity index is 0.983. The van der Waals surface area contributed by atoms with Gasteiger partial charge in [-0.05, 0) is 97.8 Å². The SMILES string of the molecule is Cc1cc(-c2ncnn3cc(-c4ccc5c(c4)CN(CCc4ccc(NC(=O)OC(C)(C)C)cc4)C5)cc23)ccc1CNC(=O)c1noc(C(C)(C)C)n1. The van der Waals surface area contributed by atoms with E-state index < -0.39 is 11.7 Å². The van der Waals surface area contributed by atoms with E-state index in [2.05, 4.69) is 84.4 Å². The van der Waals surface area contributed by atoms with Crippen molar-refractivity contribution in [2.75, 3.05) is 11.9 Å². The molecule has 2 amide bonds. The first-order chi connectivity index (χ1) is 25.7. The summed E-state index contributed by atoms with van der Waals surface area (Å²) >= 11 is 0. The highest BCUT2D eigenvalue weighted by Crippen LogP contribution is 2.32. The second-order valence-electron chi connectivity index (χ2n) is 15.9. The van der Waals surface area contributed by atoms with Crippen LogP contribution in [0.3, 0.4) is 0 Å². The average Bonchev–Trinajstić information content (AvgIpc) is 3.88. The van der Waals surface area contributed by atoms with Crippen LogP contribution in [0.25, 0.3) is 27.9 Å². The number of benzene rings is 3. The average molecular weight is 727 g/mol. The number of carbonyl (C=O) groups excluding carboxylic acids is 2. The normalized spacial score (nSPS) is 13.2. The van der Waals surface area contributed by atoms with Gasteiger partial charge in [0.15, 0.2) is 0 Å². The lowest BCUT2D eigenvalue weighted by Gasteiger charge is -2.19. The largest absolute Gasteiger partial charge is 0.444 e. The van der Waals surface area contributed by atoms with E-state index in [0.717, 1.165) is 65.1 Å². The lowest BCUT2D eigenvalue weighted by molar-refractivity contribution is 0.0635. The first-order valence-corrected chi connectivity index (χ1v) is 18.2. The maximum atomic E-state index is 12.7. The molecule has 6 aromatic rings. The summed E-state index contributed by atoms with van der Waals surface area (Å²) in [5.41, 5.74) is 10.6. The van der Waals surface area contributed by atoms with Crippen molar-refractivity contribution in [1.82, 2.24) is 35.0 Å². The summed E-state index contributed by atoms with van der Waals surface area (Å²) in [5, 5.41) is 14.1. The van der Waals surface area contributed by atoms with Crippen LogP contribution in [-0.2, 0) is 36.2 Å². The summed E-state index contributed by atoms with van der Waals surface area (Å²) in [7, 11) is 0. The van der Waals surface area contributed by atoms with Gasteiger partial charge in [0.25, 0.3) is 11.7 Å². The number of nitrogens with zero attached hydrogens (tertiary/aromatic N) is 6. The molecule has 3 aromatic carbocycles. The summed E-state index contributed by atoms with van der Waals surface area (Å²) in [6.45, 7) is 16.5. The Hall–Kier alpha value is -5.88. The lowest BCUT2D eigenvalue weighted by Crippen LogP contribution is -2.27. The van der Waals surface area contributed by atoms with E-state index in [9.17, 15) is 9.59 Å². The van der Waals surface area contributed by atoms with Crippen molar-refractivity contribution < 1.29 is 18.8 Å². The Morgan fingerprint density at radius 2 is 1.65 bits per heavy atom. The summed E-state index contributed by atoms with van der Waals surface area (Å²) in [6.07, 6.45) is 4.09. The topological polar surface area (TPSA) is 140 Å². The van der Waals surface area contributed by atoms with Crippen LogP contribution in [0.1, 0.15) is 85.9 Å². The summed E-state index contributed by atoms with van der Waals surface area (Å²) in [4.78, 5) is 36.2. The van der Waals surface area contributed by atoms with Crippen molar-refractivity contribution in [2.24, 2.45) is 0 Å². The molecule has 4 heterocycles. The zero-order chi connectivity index (χ0) is 38.2. The van der Waals surface area contributed by atoms with Gasteiger partial charge in [0.05, 0.1) is 11.2 Å². The fourth-order valence-corrected chi connectivity index (χ4v) is 6.49. The number of hydrogen-bond acceptors (Lipinski definition) is 9. The van der Waals surface area contributed by atoms with Crippen molar-refractivity contribution in [2.45, 2.75) is 85.5 Å². The number of anilines is 1. The molecule has 0 radical (unpaired) electrons. The van der Waals surface area contributed by atoms with Gasteiger partial charge in [0, 0.05) is 54.6 Å². The first kappa shape index (κ1) is 36.5. The Labute approximate surface area is 315 Å². The molecule has 0 bridgehead atoms. The molecule has 12 heteroatoms. The van der Waals surface area contributed by atoms with Crippen molar-refractivity contribution in [3.63, 3.8) is 0 Å². The third kappa shape index (κ3) is 8.34. The van der Waals surface area contributed by atoms with E-state index in [4.69, 9.17) is 9.26 Å². The molecule has 0 aliphatic carbocycles. The fourth-order valence-electron chi connectivity index (χ4n) is 6.49. The van der Waals surface area contributed by atoms with Crippen molar-refractivity contribution >= 4 is 23.2 Å². The number of aryl methyl sites for hydroxylation is 1. The highest BCUT2D eigenvalue weighted by atomic mass is 16.6. The number of fused-ring (bicyclic) bond motifs is 2. The number of ether oxygens (including phenoxy) is 1. The molecule has 12 nitrogen and oxygen atoms in total. The predicted octanol–water partition coefficient (Wildman–Crippen LogP) is 7.89. The van der Waals surface area contributed by atoms with Gasteiger partial charge in [-0.1, -0.05) is 62.3 Å². The minimum absolute atomic E-state index is 0.0253. The van der Waals surface area contributed by atoms with Crippen molar-refractivity contribution in [1.29, 1.82) is 0 Å². The van der Waals surface area contributed by atoms with Crippen LogP contribution in [0, 0.1) is 6.92 Å². The molecular weight excluding hydrogens is 681 g/mol. The molecule has 0 spiro atoms. The third-order valence-corrected chi connectivity index (χ3v) is 9.38. The van der Waals surface area contributed by atoms with Crippen LogP contribution in [0.15, 0.2) is 83.8 Å². The maximum absolute atomic E-state index is 12.7. The number of nitrogens with one attached hydrogen (secondary N) is 2. The van der Waals surface area contributed by atoms with Crippen LogP contribution in [-0.4, -0.2) is 53.8 Å². The summed E-state index contributed by atoms with van der Waals surface area (Å²) < 4.78 is 12.5. The van der Waals surface area contributed by atoms with Crippen LogP contribution >= 0.6 is 0 Å². The quantitative estimate of drug-likeness (QED) is 0.152. The fraction of sp³-hybridized carbons (Fsp3) is 0.333. The second kappa shape index (κ2) is 14.5. The zero-order valence-corrected chi connectivity index (χ0v) is 31.9. The molecule has 2 N–H and O–H groups in total. The second-order valence-corrected chi connectivity index (χ2v) is 15.9. The molecule has 0 unspecified atom stereocenters. The number of rotatable bonds is 9. The monoisotopic (exact) mass is 726 g/mol. The Kier molecular flexibility index (Phi) is 9.80. The molecule has 54 heavy (non-hydrogen) atoms. The van der Waals surface area contributed by atoms with Gasteiger partial charge in [-0.25, -0.2) is 14.3 Å². The molecule has 7 rings (SSSR count). The Bertz CT molecular complexity index is 2330. The van der Waals surface area contributed by atoms with E-state index >= 15 is 0 Å². The minimum atomic E-state index is -0.540. The molecule has 1 aliphatic rings. The van der Waals surface area contributed by atoms with Gasteiger partial charge in [0.2, 0.25) is 5.89 Å². The third-order valence-electron chi connectivity index (χ3n) is 9.38. The summed E-state index contributed by atoms with van der Waals surface area (Å²) in [6, 6.07) is 22.9. The van der Waals surface area contributed by atoms with Gasteiger partial charge in [0.1, 0.15) is 11.9 Å². The van der Waals surface area contributed by atoms with Crippen molar-refractivity contribution in [3.05, 3.63) is 119 Å². The predicted molar refractivity (Wildman–Crippen MR) is 207 cm³/mol. The Morgan fingerprint density at radius 1 is 0.889 bits per heavy atom. The van der Waals surface area contributed by atoms with E-state index in [1.807, 2.05) is 77.2 Å². The molecule has 278 valence electrons. The smallest absolute Gasteiger partial charge is 0.412 e. The van der Waals surface area contributed by atoms with E-state index in [-0.39, 0.29) is 17.1 Å². The minimum Gasteiger partial charge on any atom is -0.444 e. The van der Waals surface area contributed by atoms with Crippen LogP contribution in [0.5, 0.6) is 0 Å². The number of hydrogen-bond donors (Lipinski definition) is 2. The highest BCUT2D eigenvalue weighted by Gasteiger charge is 2.25. The van der Waals surface area contributed by atoms with Gasteiger partial charge < -0.3 is 14.6 Å². The number of amides is 2. The summed E-state index contributed by atoms with van der Waals surface area (Å²) in [5.74, 6) is 0.0643. The maximum Gasteiger partial charge on any atom is 0.412 e. The highest BCUT2D eigenvalue weighted by molar-refractivity contribution is 5.90. The lowest BCUT2D eigenvalue weighted by atomic mass is 9.97. The van der Waals surface area contributed by atoms with E-state index in [1.165, 1.54) is 16.7 Å². The van der Waals surface area contributed by atoms with Gasteiger partial charge >= 0.3 is 6.09 Å². The van der Waals surface area contributed by atoms with Crippen LogP contribution < -0.4 is 10.6 Å². The molecule has 0 saturated heterocycles. The zero-order valence-electron chi connectivity index (χ0n) is 31.9.